The molecule has 1 saturated carbocycles. The number of ether oxygens (including phenoxy) is 3. The Morgan fingerprint density at radius 1 is 0.943 bits per heavy atom. The van der Waals surface area contributed by atoms with Crippen molar-refractivity contribution in [3.63, 3.8) is 0 Å². The molecule has 1 fully saturated rings. The first-order valence-electron chi connectivity index (χ1n) is 12.0. The second-order valence-electron chi connectivity index (χ2n) is 8.59. The highest BCUT2D eigenvalue weighted by atomic mass is 19.2. The van der Waals surface area contributed by atoms with Crippen LogP contribution in [-0.4, -0.2) is 24.6 Å². The molecule has 8 heteroatoms. The molecule has 3 rings (SSSR count). The van der Waals surface area contributed by atoms with E-state index in [4.69, 9.17) is 19.5 Å². The summed E-state index contributed by atoms with van der Waals surface area (Å²) in [5.74, 6) is -4.59. The van der Waals surface area contributed by atoms with Gasteiger partial charge in [0.1, 0.15) is 11.8 Å². The van der Waals surface area contributed by atoms with Crippen molar-refractivity contribution < 1.29 is 32.6 Å². The predicted molar refractivity (Wildman–Crippen MR) is 124 cm³/mol. The third kappa shape index (κ3) is 7.33. The summed E-state index contributed by atoms with van der Waals surface area (Å²) in [6.07, 6.45) is 7.92. The second-order valence-corrected chi connectivity index (χ2v) is 8.59. The summed E-state index contributed by atoms with van der Waals surface area (Å²) in [6, 6.07) is 9.16. The number of hydrogen-bond donors (Lipinski definition) is 0. The lowest BCUT2D eigenvalue weighted by molar-refractivity contribution is -0.141. The fourth-order valence-corrected chi connectivity index (χ4v) is 3.96. The summed E-state index contributed by atoms with van der Waals surface area (Å²) in [5.41, 5.74) is -0.428. The van der Waals surface area contributed by atoms with E-state index in [0.29, 0.717) is 12.8 Å². The van der Waals surface area contributed by atoms with E-state index in [-0.39, 0.29) is 29.3 Å². The van der Waals surface area contributed by atoms with Crippen molar-refractivity contribution in [1.82, 2.24) is 0 Å². The van der Waals surface area contributed by atoms with E-state index in [9.17, 15) is 18.4 Å². The van der Waals surface area contributed by atoms with Crippen LogP contribution in [-0.2, 0) is 9.53 Å². The average Bonchev–Trinajstić information content (AvgIpc) is 2.87. The van der Waals surface area contributed by atoms with Crippen LogP contribution >= 0.6 is 0 Å². The van der Waals surface area contributed by atoms with E-state index >= 15 is 0 Å². The first-order valence-corrected chi connectivity index (χ1v) is 12.0. The lowest BCUT2D eigenvalue weighted by atomic mass is 9.87. The Kier molecular flexibility index (Phi) is 9.74. The summed E-state index contributed by atoms with van der Waals surface area (Å²) in [7, 11) is 0. The van der Waals surface area contributed by atoms with E-state index in [0.717, 1.165) is 38.0 Å². The SMILES string of the molecule is CCCCCCOC1CCC(C(=O)Oc2ccc(C(=O)Oc3ccc(C#N)c(F)c3F)cc2)CC1. The Morgan fingerprint density at radius 3 is 2.31 bits per heavy atom. The van der Waals surface area contributed by atoms with Crippen molar-refractivity contribution in [2.75, 3.05) is 6.61 Å². The molecule has 0 heterocycles. The van der Waals surface area contributed by atoms with Gasteiger partial charge in [-0.2, -0.15) is 9.65 Å². The molecule has 0 bridgehead atoms. The molecular weight excluding hydrogens is 456 g/mol. The number of carbonyl (C=O) groups excluding carboxylic acids is 2. The highest BCUT2D eigenvalue weighted by Crippen LogP contribution is 2.28. The highest BCUT2D eigenvalue weighted by Gasteiger charge is 2.28. The topological polar surface area (TPSA) is 85.6 Å². The van der Waals surface area contributed by atoms with Gasteiger partial charge in [0.15, 0.2) is 11.6 Å². The van der Waals surface area contributed by atoms with Gasteiger partial charge in [0.05, 0.1) is 23.1 Å². The van der Waals surface area contributed by atoms with E-state index in [1.807, 2.05) is 0 Å². The van der Waals surface area contributed by atoms with Crippen molar-refractivity contribution >= 4 is 11.9 Å². The van der Waals surface area contributed by atoms with Crippen LogP contribution in [0.15, 0.2) is 36.4 Å². The van der Waals surface area contributed by atoms with Crippen LogP contribution in [0.3, 0.4) is 0 Å². The van der Waals surface area contributed by atoms with Crippen LogP contribution in [0.25, 0.3) is 0 Å². The number of unbranched alkanes of at least 4 members (excludes halogenated alkanes) is 3. The van der Waals surface area contributed by atoms with Crippen LogP contribution in [0.5, 0.6) is 11.5 Å². The Labute approximate surface area is 203 Å². The van der Waals surface area contributed by atoms with Gasteiger partial charge in [-0.1, -0.05) is 26.2 Å². The summed E-state index contributed by atoms with van der Waals surface area (Å²) in [6.45, 7) is 2.94. The van der Waals surface area contributed by atoms with E-state index in [1.54, 1.807) is 0 Å². The van der Waals surface area contributed by atoms with Crippen LogP contribution in [0.4, 0.5) is 8.78 Å². The van der Waals surface area contributed by atoms with Gasteiger partial charge < -0.3 is 14.2 Å². The van der Waals surface area contributed by atoms with Gasteiger partial charge in [0, 0.05) is 6.61 Å². The molecule has 35 heavy (non-hydrogen) atoms. The molecule has 0 unspecified atom stereocenters. The normalized spacial score (nSPS) is 17.4. The molecule has 0 aromatic heterocycles. The molecule has 1 aliphatic carbocycles. The van der Waals surface area contributed by atoms with Crippen LogP contribution in [0, 0.1) is 28.9 Å². The number of nitriles is 1. The molecule has 0 N–H and O–H groups in total. The lowest BCUT2D eigenvalue weighted by Gasteiger charge is -2.27. The van der Waals surface area contributed by atoms with Crippen LogP contribution in [0.1, 0.15) is 74.2 Å². The van der Waals surface area contributed by atoms with Crippen molar-refractivity contribution in [3.8, 4) is 17.6 Å². The Hall–Kier alpha value is -3.31. The molecule has 6 nitrogen and oxygen atoms in total. The number of nitrogens with zero attached hydrogens (tertiary/aromatic N) is 1. The Balaban J connectivity index is 1.46. The Morgan fingerprint density at radius 2 is 1.66 bits per heavy atom. The van der Waals surface area contributed by atoms with Gasteiger partial charge in [-0.05, 0) is 68.5 Å². The molecule has 2 aromatic carbocycles. The smallest absolute Gasteiger partial charge is 0.343 e. The maximum absolute atomic E-state index is 14.0. The van der Waals surface area contributed by atoms with Crippen molar-refractivity contribution in [2.45, 2.75) is 64.4 Å². The lowest BCUT2D eigenvalue weighted by Crippen LogP contribution is -2.29. The fraction of sp³-hybridized carbons (Fsp3) is 0.444. The minimum atomic E-state index is -1.42. The number of carbonyl (C=O) groups is 2. The number of halogens is 2. The van der Waals surface area contributed by atoms with Crippen molar-refractivity contribution in [2.24, 2.45) is 5.92 Å². The van der Waals surface area contributed by atoms with E-state index in [2.05, 4.69) is 6.92 Å². The molecule has 0 saturated heterocycles. The zero-order valence-corrected chi connectivity index (χ0v) is 19.7. The number of benzene rings is 2. The fourth-order valence-electron chi connectivity index (χ4n) is 3.96. The molecule has 1 aliphatic rings. The first-order chi connectivity index (χ1) is 16.9. The van der Waals surface area contributed by atoms with Gasteiger partial charge in [-0.25, -0.2) is 9.18 Å². The largest absolute Gasteiger partial charge is 0.426 e. The maximum atomic E-state index is 14.0. The van der Waals surface area contributed by atoms with E-state index < -0.39 is 28.9 Å². The zero-order chi connectivity index (χ0) is 25.2. The second kappa shape index (κ2) is 13.0. The number of rotatable bonds is 10. The molecule has 0 aliphatic heterocycles. The Bertz CT molecular complexity index is 1060. The third-order valence-electron chi connectivity index (χ3n) is 6.04. The van der Waals surface area contributed by atoms with Crippen LogP contribution in [0.2, 0.25) is 0 Å². The first kappa shape index (κ1) is 26.3. The maximum Gasteiger partial charge on any atom is 0.343 e. The number of esters is 2. The number of hydrogen-bond acceptors (Lipinski definition) is 6. The monoisotopic (exact) mass is 485 g/mol. The van der Waals surface area contributed by atoms with Gasteiger partial charge in [-0.15, -0.1) is 0 Å². The van der Waals surface area contributed by atoms with Gasteiger partial charge in [0.2, 0.25) is 5.82 Å². The van der Waals surface area contributed by atoms with Gasteiger partial charge >= 0.3 is 11.9 Å². The summed E-state index contributed by atoms with van der Waals surface area (Å²) >= 11 is 0. The molecule has 0 amide bonds. The van der Waals surface area contributed by atoms with Crippen LogP contribution < -0.4 is 9.47 Å². The van der Waals surface area contributed by atoms with Crippen molar-refractivity contribution in [3.05, 3.63) is 59.2 Å². The molecule has 0 radical (unpaired) electrons. The molecule has 2 aromatic rings. The average molecular weight is 486 g/mol. The van der Waals surface area contributed by atoms with E-state index in [1.165, 1.54) is 49.6 Å². The van der Waals surface area contributed by atoms with Crippen molar-refractivity contribution in [1.29, 1.82) is 5.26 Å². The minimum absolute atomic E-state index is 0.0607. The zero-order valence-electron chi connectivity index (χ0n) is 19.7. The standard InChI is InChI=1S/C27H29F2NO5/c1-2-3-4-5-16-33-21-11-6-18(7-12-21)26(31)34-22-13-8-19(9-14-22)27(32)35-23-15-10-20(17-30)24(28)25(23)29/h8-10,13-15,18,21H,2-7,11-12,16H2,1H3. The molecule has 0 spiro atoms. The summed E-state index contributed by atoms with van der Waals surface area (Å²) < 4.78 is 44.0. The molecular formula is C27H29F2NO5. The molecule has 0 atom stereocenters. The summed E-state index contributed by atoms with van der Waals surface area (Å²) in [4.78, 5) is 24.8. The third-order valence-corrected chi connectivity index (χ3v) is 6.04. The predicted octanol–water partition coefficient (Wildman–Crippen LogP) is 6.12. The van der Waals surface area contributed by atoms with Gasteiger partial charge in [-0.3, -0.25) is 4.79 Å². The highest BCUT2D eigenvalue weighted by molar-refractivity contribution is 5.91. The van der Waals surface area contributed by atoms with Gasteiger partial charge in [0.25, 0.3) is 0 Å². The molecule has 186 valence electrons. The summed E-state index contributed by atoms with van der Waals surface area (Å²) in [5, 5.41) is 8.73. The quantitative estimate of drug-likeness (QED) is 0.229. The minimum Gasteiger partial charge on any atom is -0.426 e.